The Hall–Kier alpha value is -1.92. The van der Waals surface area contributed by atoms with E-state index in [-0.39, 0.29) is 0 Å². The fourth-order valence-electron chi connectivity index (χ4n) is 2.74. The van der Waals surface area contributed by atoms with Gasteiger partial charge in [0.1, 0.15) is 11.4 Å². The zero-order chi connectivity index (χ0) is 19.1. The second-order valence-electron chi connectivity index (χ2n) is 6.15. The minimum atomic E-state index is 0.486. The topological polar surface area (TPSA) is 52.0 Å². The first-order chi connectivity index (χ1) is 13.2. The van der Waals surface area contributed by atoms with Crippen LogP contribution in [0.1, 0.15) is 17.7 Å². The van der Waals surface area contributed by atoms with E-state index in [1.165, 1.54) is 0 Å². The number of nitrogens with zero attached hydrogens (tertiary/aromatic N) is 3. The number of halogens is 2. The van der Waals surface area contributed by atoms with Crippen LogP contribution in [-0.2, 0) is 17.8 Å². The Kier molecular flexibility index (Phi) is 7.24. The van der Waals surface area contributed by atoms with Crippen molar-refractivity contribution in [2.75, 3.05) is 20.3 Å². The van der Waals surface area contributed by atoms with Crippen LogP contribution in [0.3, 0.4) is 0 Å². The van der Waals surface area contributed by atoms with Gasteiger partial charge in [-0.05, 0) is 30.7 Å². The molecule has 0 fully saturated rings. The molecule has 0 saturated heterocycles. The van der Waals surface area contributed by atoms with Crippen molar-refractivity contribution in [2.45, 2.75) is 19.5 Å². The molecule has 27 heavy (non-hydrogen) atoms. The van der Waals surface area contributed by atoms with Gasteiger partial charge >= 0.3 is 0 Å². The quantitative estimate of drug-likeness (QED) is 0.536. The lowest BCUT2D eigenvalue weighted by atomic mass is 10.1. The summed E-state index contributed by atoms with van der Waals surface area (Å²) in [6, 6.07) is 15.5. The smallest absolute Gasteiger partial charge is 0.117 e. The fraction of sp³-hybridized carbons (Fsp3) is 0.300. The summed E-state index contributed by atoms with van der Waals surface area (Å²) in [4.78, 5) is 1.68. The molecule has 0 amide bonds. The molecule has 5 nitrogen and oxygen atoms in total. The van der Waals surface area contributed by atoms with Crippen LogP contribution >= 0.6 is 23.2 Å². The zero-order valence-corrected chi connectivity index (χ0v) is 16.7. The molecule has 0 spiro atoms. The van der Waals surface area contributed by atoms with Crippen molar-refractivity contribution in [3.05, 3.63) is 69.8 Å². The molecule has 1 aromatic heterocycles. The average Bonchev–Trinajstić information content (AvgIpc) is 3.07. The first-order valence-corrected chi connectivity index (χ1v) is 9.56. The van der Waals surface area contributed by atoms with Crippen LogP contribution in [0.5, 0.6) is 0 Å². The zero-order valence-electron chi connectivity index (χ0n) is 15.2. The van der Waals surface area contributed by atoms with Crippen LogP contribution < -0.4 is 5.32 Å². The standard InChI is InChI=1S/C20H22Cl2N4O/c1-27-11-5-10-23-13-19-20(15-6-3-2-4-7-15)25-26(24-19)14-16-8-9-17(21)12-18(16)22/h2-4,6-9,12,23H,5,10-11,13-14H2,1H3. The summed E-state index contributed by atoms with van der Waals surface area (Å²) in [6.07, 6.45) is 0.950. The van der Waals surface area contributed by atoms with Crippen molar-refractivity contribution < 1.29 is 4.74 Å². The minimum Gasteiger partial charge on any atom is -0.385 e. The Morgan fingerprint density at radius 2 is 1.89 bits per heavy atom. The van der Waals surface area contributed by atoms with Gasteiger partial charge in [0.2, 0.25) is 0 Å². The van der Waals surface area contributed by atoms with E-state index in [9.17, 15) is 0 Å². The predicted octanol–water partition coefficient (Wildman–Crippen LogP) is 4.43. The van der Waals surface area contributed by atoms with Crippen LogP contribution in [0, 0.1) is 0 Å². The molecule has 142 valence electrons. The van der Waals surface area contributed by atoms with Crippen molar-refractivity contribution in [3.63, 3.8) is 0 Å². The van der Waals surface area contributed by atoms with Crippen molar-refractivity contribution in [1.82, 2.24) is 20.3 Å². The predicted molar refractivity (Wildman–Crippen MR) is 109 cm³/mol. The molecule has 0 bridgehead atoms. The van der Waals surface area contributed by atoms with Crippen LogP contribution in [0.15, 0.2) is 48.5 Å². The lowest BCUT2D eigenvalue weighted by Gasteiger charge is -2.04. The molecule has 0 radical (unpaired) electrons. The van der Waals surface area contributed by atoms with E-state index in [1.807, 2.05) is 42.5 Å². The summed E-state index contributed by atoms with van der Waals surface area (Å²) in [7, 11) is 1.71. The number of rotatable bonds is 9. The van der Waals surface area contributed by atoms with E-state index in [0.29, 0.717) is 23.1 Å². The molecule has 0 aliphatic rings. The maximum absolute atomic E-state index is 6.30. The Morgan fingerprint density at radius 1 is 1.07 bits per heavy atom. The maximum Gasteiger partial charge on any atom is 0.117 e. The van der Waals surface area contributed by atoms with Crippen LogP contribution in [0.2, 0.25) is 10.0 Å². The third-order valence-electron chi connectivity index (χ3n) is 4.09. The van der Waals surface area contributed by atoms with Gasteiger partial charge in [-0.1, -0.05) is 59.6 Å². The molecule has 1 N–H and O–H groups in total. The van der Waals surface area contributed by atoms with Crippen LogP contribution in [0.4, 0.5) is 0 Å². The number of ether oxygens (including phenoxy) is 1. The normalized spacial score (nSPS) is 11.1. The van der Waals surface area contributed by atoms with E-state index in [4.69, 9.17) is 33.0 Å². The van der Waals surface area contributed by atoms with Gasteiger partial charge in [0.15, 0.2) is 0 Å². The molecule has 3 rings (SSSR count). The number of hydrogen-bond acceptors (Lipinski definition) is 4. The molecule has 0 aliphatic carbocycles. The second-order valence-corrected chi connectivity index (χ2v) is 6.99. The summed E-state index contributed by atoms with van der Waals surface area (Å²) in [6.45, 7) is 2.72. The maximum atomic E-state index is 6.30. The van der Waals surface area contributed by atoms with E-state index in [1.54, 1.807) is 18.0 Å². The van der Waals surface area contributed by atoms with Gasteiger partial charge in [-0.2, -0.15) is 15.0 Å². The monoisotopic (exact) mass is 404 g/mol. The van der Waals surface area contributed by atoms with E-state index < -0.39 is 0 Å². The molecule has 0 aliphatic heterocycles. The summed E-state index contributed by atoms with van der Waals surface area (Å²) >= 11 is 12.3. The first kappa shape index (κ1) is 19.8. The molecule has 0 saturated carbocycles. The van der Waals surface area contributed by atoms with Gasteiger partial charge in [0, 0.05) is 35.9 Å². The highest BCUT2D eigenvalue weighted by molar-refractivity contribution is 6.35. The number of methoxy groups -OCH3 is 1. The van der Waals surface area contributed by atoms with Crippen molar-refractivity contribution in [2.24, 2.45) is 0 Å². The first-order valence-electron chi connectivity index (χ1n) is 8.80. The van der Waals surface area contributed by atoms with Crippen LogP contribution in [0.25, 0.3) is 11.3 Å². The van der Waals surface area contributed by atoms with Crippen molar-refractivity contribution >= 4 is 23.2 Å². The van der Waals surface area contributed by atoms with Crippen LogP contribution in [-0.4, -0.2) is 35.3 Å². The number of nitrogens with one attached hydrogen (secondary N) is 1. The highest BCUT2D eigenvalue weighted by Gasteiger charge is 2.14. The number of benzene rings is 2. The highest BCUT2D eigenvalue weighted by Crippen LogP contribution is 2.23. The van der Waals surface area contributed by atoms with Gasteiger partial charge in [-0.15, -0.1) is 0 Å². The lowest BCUT2D eigenvalue weighted by molar-refractivity contribution is 0.194. The summed E-state index contributed by atoms with van der Waals surface area (Å²) in [5.41, 5.74) is 3.75. The third-order valence-corrected chi connectivity index (χ3v) is 4.68. The molecule has 7 heteroatoms. The molecule has 3 aromatic rings. The summed E-state index contributed by atoms with van der Waals surface area (Å²) in [5, 5.41) is 14.0. The minimum absolute atomic E-state index is 0.486. The van der Waals surface area contributed by atoms with E-state index in [2.05, 4.69) is 10.4 Å². The van der Waals surface area contributed by atoms with Gasteiger partial charge in [0.25, 0.3) is 0 Å². The lowest BCUT2D eigenvalue weighted by Crippen LogP contribution is -2.17. The molecule has 0 atom stereocenters. The second kappa shape index (κ2) is 9.85. The Balaban J connectivity index is 1.80. The van der Waals surface area contributed by atoms with Gasteiger partial charge in [0.05, 0.1) is 6.54 Å². The van der Waals surface area contributed by atoms with Crippen molar-refractivity contribution in [1.29, 1.82) is 0 Å². The Bertz CT molecular complexity index is 868. The number of hydrogen-bond donors (Lipinski definition) is 1. The molecular weight excluding hydrogens is 383 g/mol. The van der Waals surface area contributed by atoms with Gasteiger partial charge in [-0.25, -0.2) is 0 Å². The largest absolute Gasteiger partial charge is 0.385 e. The molecular formula is C20H22Cl2N4O. The number of aromatic nitrogens is 3. The molecule has 0 unspecified atom stereocenters. The summed E-state index contributed by atoms with van der Waals surface area (Å²) in [5.74, 6) is 0. The van der Waals surface area contributed by atoms with E-state index in [0.717, 1.165) is 42.1 Å². The van der Waals surface area contributed by atoms with Crippen molar-refractivity contribution in [3.8, 4) is 11.3 Å². The van der Waals surface area contributed by atoms with Gasteiger partial charge in [-0.3, -0.25) is 0 Å². The average molecular weight is 405 g/mol. The fourth-order valence-corrected chi connectivity index (χ4v) is 3.21. The Labute approximate surface area is 169 Å². The SMILES string of the molecule is COCCCNCc1nn(Cc2ccc(Cl)cc2Cl)nc1-c1ccccc1. The van der Waals surface area contributed by atoms with E-state index >= 15 is 0 Å². The summed E-state index contributed by atoms with van der Waals surface area (Å²) < 4.78 is 5.08. The third kappa shape index (κ3) is 5.53. The molecule has 2 aromatic carbocycles. The van der Waals surface area contributed by atoms with Gasteiger partial charge < -0.3 is 10.1 Å². The highest BCUT2D eigenvalue weighted by atomic mass is 35.5. The Morgan fingerprint density at radius 3 is 2.63 bits per heavy atom. The molecule has 1 heterocycles.